The molecular formula is C10H17NO. The number of carbonyl (C=O) groups is 1. The van der Waals surface area contributed by atoms with E-state index in [4.69, 9.17) is 0 Å². The molecule has 0 aliphatic heterocycles. The minimum Gasteiger partial charge on any atom is -0.373 e. The van der Waals surface area contributed by atoms with Crippen molar-refractivity contribution in [2.75, 3.05) is 6.54 Å². The van der Waals surface area contributed by atoms with Gasteiger partial charge >= 0.3 is 0 Å². The zero-order valence-electron chi connectivity index (χ0n) is 8.13. The van der Waals surface area contributed by atoms with Gasteiger partial charge in [0.05, 0.1) is 0 Å². The quantitative estimate of drug-likeness (QED) is 0.640. The van der Waals surface area contributed by atoms with Crippen LogP contribution >= 0.6 is 0 Å². The van der Waals surface area contributed by atoms with Gasteiger partial charge in [-0.05, 0) is 27.2 Å². The maximum absolute atomic E-state index is 11.0. The molecule has 2 nitrogen and oxygen atoms in total. The topological polar surface area (TPSA) is 20.3 Å². The third-order valence-corrected chi connectivity index (χ3v) is 2.29. The SMILES string of the molecule is CCN(C1=CC(=O)CC1)C(C)C. The van der Waals surface area contributed by atoms with Gasteiger partial charge in [-0.15, -0.1) is 0 Å². The first kappa shape index (κ1) is 9.30. The Bertz CT molecular complexity index is 206. The lowest BCUT2D eigenvalue weighted by atomic mass is 10.2. The van der Waals surface area contributed by atoms with Crippen molar-refractivity contribution in [1.29, 1.82) is 0 Å². The molecule has 0 aromatic carbocycles. The summed E-state index contributed by atoms with van der Waals surface area (Å²) in [5.41, 5.74) is 1.22. The van der Waals surface area contributed by atoms with Crippen molar-refractivity contribution in [3.63, 3.8) is 0 Å². The second-order valence-corrected chi connectivity index (χ2v) is 3.48. The highest BCUT2D eigenvalue weighted by molar-refractivity contribution is 5.92. The van der Waals surface area contributed by atoms with Crippen molar-refractivity contribution >= 4 is 5.78 Å². The molecule has 0 radical (unpaired) electrons. The van der Waals surface area contributed by atoms with Crippen molar-refractivity contribution < 1.29 is 4.79 Å². The average molecular weight is 167 g/mol. The van der Waals surface area contributed by atoms with Crippen LogP contribution in [0.5, 0.6) is 0 Å². The molecule has 1 aliphatic rings. The molecule has 0 amide bonds. The van der Waals surface area contributed by atoms with Crippen molar-refractivity contribution in [3.8, 4) is 0 Å². The van der Waals surface area contributed by atoms with Gasteiger partial charge in [-0.2, -0.15) is 0 Å². The fourth-order valence-corrected chi connectivity index (χ4v) is 1.71. The molecule has 12 heavy (non-hydrogen) atoms. The summed E-state index contributed by atoms with van der Waals surface area (Å²) in [4.78, 5) is 13.3. The summed E-state index contributed by atoms with van der Waals surface area (Å²) < 4.78 is 0. The number of allylic oxidation sites excluding steroid dienone is 2. The molecular weight excluding hydrogens is 150 g/mol. The lowest BCUT2D eigenvalue weighted by molar-refractivity contribution is -0.114. The first-order valence-corrected chi connectivity index (χ1v) is 4.65. The van der Waals surface area contributed by atoms with Crippen molar-refractivity contribution in [2.45, 2.75) is 39.7 Å². The highest BCUT2D eigenvalue weighted by Crippen LogP contribution is 2.20. The largest absolute Gasteiger partial charge is 0.373 e. The molecule has 68 valence electrons. The second-order valence-electron chi connectivity index (χ2n) is 3.48. The molecule has 0 bridgehead atoms. The first-order valence-electron chi connectivity index (χ1n) is 4.65. The number of carbonyl (C=O) groups excluding carboxylic acids is 1. The van der Waals surface area contributed by atoms with Gasteiger partial charge in [-0.3, -0.25) is 4.79 Å². The molecule has 0 N–H and O–H groups in total. The van der Waals surface area contributed by atoms with Crippen LogP contribution in [0.25, 0.3) is 0 Å². The summed E-state index contributed by atoms with van der Waals surface area (Å²) in [6.07, 6.45) is 3.44. The van der Waals surface area contributed by atoms with E-state index < -0.39 is 0 Å². The molecule has 2 heteroatoms. The molecule has 0 unspecified atom stereocenters. The molecule has 0 heterocycles. The van der Waals surface area contributed by atoms with Crippen molar-refractivity contribution in [2.24, 2.45) is 0 Å². The maximum atomic E-state index is 11.0. The van der Waals surface area contributed by atoms with Crippen LogP contribution in [0, 0.1) is 0 Å². The van der Waals surface area contributed by atoms with Crippen LogP contribution in [0.3, 0.4) is 0 Å². The zero-order valence-corrected chi connectivity index (χ0v) is 8.13. The van der Waals surface area contributed by atoms with Crippen molar-refractivity contribution in [3.05, 3.63) is 11.8 Å². The Labute approximate surface area is 74.2 Å². The fourth-order valence-electron chi connectivity index (χ4n) is 1.71. The van der Waals surface area contributed by atoms with E-state index in [9.17, 15) is 4.79 Å². The molecule has 0 fully saturated rings. The molecule has 1 rings (SSSR count). The van der Waals surface area contributed by atoms with Crippen LogP contribution in [-0.2, 0) is 4.79 Å². The van der Waals surface area contributed by atoms with Gasteiger partial charge in [-0.1, -0.05) is 0 Å². The van der Waals surface area contributed by atoms with E-state index in [1.54, 1.807) is 6.08 Å². The summed E-state index contributed by atoms with van der Waals surface area (Å²) >= 11 is 0. The fraction of sp³-hybridized carbons (Fsp3) is 0.700. The summed E-state index contributed by atoms with van der Waals surface area (Å²) in [5.74, 6) is 0.282. The Balaban J connectivity index is 2.67. The molecule has 0 saturated heterocycles. The normalized spacial score (nSPS) is 17.0. The summed E-state index contributed by atoms with van der Waals surface area (Å²) in [6, 6.07) is 0.507. The van der Waals surface area contributed by atoms with Gasteiger partial charge in [0.25, 0.3) is 0 Å². The van der Waals surface area contributed by atoms with Crippen LogP contribution in [0.2, 0.25) is 0 Å². The average Bonchev–Trinajstić information content (AvgIpc) is 2.37. The molecule has 0 saturated carbocycles. The predicted octanol–water partition coefficient (Wildman–Crippen LogP) is 1.96. The minimum atomic E-state index is 0.282. The van der Waals surface area contributed by atoms with E-state index >= 15 is 0 Å². The highest BCUT2D eigenvalue weighted by Gasteiger charge is 2.18. The Morgan fingerprint density at radius 3 is 2.50 bits per heavy atom. The lowest BCUT2D eigenvalue weighted by Gasteiger charge is -2.28. The summed E-state index contributed by atoms with van der Waals surface area (Å²) in [7, 11) is 0. The highest BCUT2D eigenvalue weighted by atomic mass is 16.1. The third-order valence-electron chi connectivity index (χ3n) is 2.29. The van der Waals surface area contributed by atoms with Crippen LogP contribution in [0.15, 0.2) is 11.8 Å². The van der Waals surface area contributed by atoms with E-state index in [1.807, 2.05) is 0 Å². The molecule has 0 aromatic rings. The second kappa shape index (κ2) is 3.74. The zero-order chi connectivity index (χ0) is 9.14. The van der Waals surface area contributed by atoms with E-state index in [1.165, 1.54) is 5.70 Å². The minimum absolute atomic E-state index is 0.282. The number of nitrogens with zero attached hydrogens (tertiary/aromatic N) is 1. The van der Waals surface area contributed by atoms with Gasteiger partial charge in [0, 0.05) is 30.8 Å². The number of hydrogen-bond donors (Lipinski definition) is 0. The van der Waals surface area contributed by atoms with E-state index in [0.29, 0.717) is 12.5 Å². The molecule has 0 aromatic heterocycles. The lowest BCUT2D eigenvalue weighted by Crippen LogP contribution is -2.29. The van der Waals surface area contributed by atoms with E-state index in [2.05, 4.69) is 25.7 Å². The summed E-state index contributed by atoms with van der Waals surface area (Å²) in [6.45, 7) is 7.45. The number of rotatable bonds is 3. The van der Waals surface area contributed by atoms with Gasteiger partial charge in [-0.25, -0.2) is 0 Å². The van der Waals surface area contributed by atoms with Crippen LogP contribution < -0.4 is 0 Å². The smallest absolute Gasteiger partial charge is 0.157 e. The maximum Gasteiger partial charge on any atom is 0.157 e. The van der Waals surface area contributed by atoms with Gasteiger partial charge < -0.3 is 4.90 Å². The van der Waals surface area contributed by atoms with Gasteiger partial charge in [0.15, 0.2) is 5.78 Å². The Morgan fingerprint density at radius 1 is 1.50 bits per heavy atom. The van der Waals surface area contributed by atoms with Crippen LogP contribution in [0.4, 0.5) is 0 Å². The Kier molecular flexibility index (Phi) is 2.90. The van der Waals surface area contributed by atoms with E-state index in [-0.39, 0.29) is 5.78 Å². The van der Waals surface area contributed by atoms with Gasteiger partial charge in [0.2, 0.25) is 0 Å². The Morgan fingerprint density at radius 2 is 2.17 bits per heavy atom. The third kappa shape index (κ3) is 1.87. The van der Waals surface area contributed by atoms with Crippen LogP contribution in [0.1, 0.15) is 33.6 Å². The summed E-state index contributed by atoms with van der Waals surface area (Å²) in [5, 5.41) is 0. The van der Waals surface area contributed by atoms with Gasteiger partial charge in [0.1, 0.15) is 0 Å². The van der Waals surface area contributed by atoms with E-state index in [0.717, 1.165) is 13.0 Å². The molecule has 1 aliphatic carbocycles. The van der Waals surface area contributed by atoms with Crippen molar-refractivity contribution in [1.82, 2.24) is 4.90 Å². The number of ketones is 1. The van der Waals surface area contributed by atoms with Crippen LogP contribution in [-0.4, -0.2) is 23.3 Å². The standard InChI is InChI=1S/C10H17NO/c1-4-11(8(2)3)9-5-6-10(12)7-9/h7-8H,4-6H2,1-3H3. The molecule has 0 spiro atoms. The first-order chi connectivity index (χ1) is 5.65. The monoisotopic (exact) mass is 167 g/mol. The Hall–Kier alpha value is -0.790. The number of hydrogen-bond acceptors (Lipinski definition) is 2. The molecule has 0 atom stereocenters. The predicted molar refractivity (Wildman–Crippen MR) is 49.8 cm³/mol.